The number of methoxy groups -OCH3 is 1. The molecule has 0 atom stereocenters. The summed E-state index contributed by atoms with van der Waals surface area (Å²) in [7, 11) is 1.80. The molecule has 1 saturated heterocycles. The highest BCUT2D eigenvalue weighted by Crippen LogP contribution is 2.34. The predicted molar refractivity (Wildman–Crippen MR) is 98.1 cm³/mol. The van der Waals surface area contributed by atoms with E-state index in [2.05, 4.69) is 44.8 Å². The monoisotopic (exact) mass is 324 g/mol. The summed E-state index contributed by atoms with van der Waals surface area (Å²) in [4.78, 5) is 6.92. The molecule has 4 rings (SSSR count). The van der Waals surface area contributed by atoms with Crippen molar-refractivity contribution in [3.63, 3.8) is 0 Å². The minimum atomic E-state index is 0.701. The summed E-state index contributed by atoms with van der Waals surface area (Å²) in [6.07, 6.45) is 4.23. The Bertz CT molecular complexity index is 710. The fourth-order valence-corrected chi connectivity index (χ4v) is 3.59. The lowest BCUT2D eigenvalue weighted by Crippen LogP contribution is -2.35. The SMILES string of the molecule is COCC1CCN(c2ccc3c(c2)NCc2cccnc2N3)CC1. The van der Waals surface area contributed by atoms with Crippen molar-refractivity contribution in [3.05, 3.63) is 42.1 Å². The van der Waals surface area contributed by atoms with Gasteiger partial charge in [-0.1, -0.05) is 6.07 Å². The lowest BCUT2D eigenvalue weighted by molar-refractivity contribution is 0.139. The van der Waals surface area contributed by atoms with Crippen LogP contribution in [0.2, 0.25) is 0 Å². The van der Waals surface area contributed by atoms with E-state index in [1.165, 1.54) is 24.1 Å². The van der Waals surface area contributed by atoms with Crippen LogP contribution < -0.4 is 15.5 Å². The van der Waals surface area contributed by atoms with Gasteiger partial charge < -0.3 is 20.3 Å². The number of pyridine rings is 1. The van der Waals surface area contributed by atoms with Crippen LogP contribution in [0.5, 0.6) is 0 Å². The van der Waals surface area contributed by atoms with E-state index in [1.807, 2.05) is 12.3 Å². The number of piperidine rings is 1. The van der Waals surface area contributed by atoms with Gasteiger partial charge in [-0.15, -0.1) is 0 Å². The normalized spacial score (nSPS) is 17.3. The first-order valence-electron chi connectivity index (χ1n) is 8.66. The van der Waals surface area contributed by atoms with Crippen molar-refractivity contribution in [2.45, 2.75) is 19.4 Å². The molecule has 126 valence electrons. The number of rotatable bonds is 3. The maximum absolute atomic E-state index is 5.30. The third-order valence-corrected chi connectivity index (χ3v) is 5.00. The average molecular weight is 324 g/mol. The molecule has 0 radical (unpaired) electrons. The van der Waals surface area contributed by atoms with Crippen molar-refractivity contribution >= 4 is 22.9 Å². The highest BCUT2D eigenvalue weighted by molar-refractivity contribution is 5.79. The van der Waals surface area contributed by atoms with Gasteiger partial charge >= 0.3 is 0 Å². The van der Waals surface area contributed by atoms with Crippen molar-refractivity contribution in [1.82, 2.24) is 4.98 Å². The summed E-state index contributed by atoms with van der Waals surface area (Å²) >= 11 is 0. The number of benzene rings is 1. The van der Waals surface area contributed by atoms with Gasteiger partial charge in [0, 0.05) is 50.8 Å². The third kappa shape index (κ3) is 3.04. The summed E-state index contributed by atoms with van der Waals surface area (Å²) in [6, 6.07) is 10.7. The fraction of sp³-hybridized carbons (Fsp3) is 0.421. The maximum Gasteiger partial charge on any atom is 0.135 e. The van der Waals surface area contributed by atoms with E-state index in [4.69, 9.17) is 4.74 Å². The quantitative estimate of drug-likeness (QED) is 0.903. The van der Waals surface area contributed by atoms with E-state index in [9.17, 15) is 0 Å². The van der Waals surface area contributed by atoms with E-state index in [0.29, 0.717) is 5.92 Å². The zero-order valence-electron chi connectivity index (χ0n) is 14.1. The van der Waals surface area contributed by atoms with Gasteiger partial charge in [0.15, 0.2) is 0 Å². The minimum absolute atomic E-state index is 0.701. The zero-order valence-corrected chi connectivity index (χ0v) is 14.1. The predicted octanol–water partition coefficient (Wildman–Crippen LogP) is 3.61. The Morgan fingerprint density at radius 3 is 2.92 bits per heavy atom. The summed E-state index contributed by atoms with van der Waals surface area (Å²) in [5.41, 5.74) is 4.71. The first-order valence-corrected chi connectivity index (χ1v) is 8.66. The Labute approximate surface area is 143 Å². The molecule has 0 spiro atoms. The van der Waals surface area contributed by atoms with E-state index in [1.54, 1.807) is 7.11 Å². The molecule has 1 aromatic carbocycles. The summed E-state index contributed by atoms with van der Waals surface area (Å²) in [5, 5.41) is 6.99. The topological polar surface area (TPSA) is 49.4 Å². The second kappa shape index (κ2) is 6.69. The molecular formula is C19H24N4O. The van der Waals surface area contributed by atoms with Crippen molar-refractivity contribution in [3.8, 4) is 0 Å². The van der Waals surface area contributed by atoms with Gasteiger partial charge in [0.05, 0.1) is 11.4 Å². The van der Waals surface area contributed by atoms with E-state index in [-0.39, 0.29) is 0 Å². The average Bonchev–Trinajstić information content (AvgIpc) is 2.81. The van der Waals surface area contributed by atoms with Crippen molar-refractivity contribution < 1.29 is 4.74 Å². The molecule has 2 aliphatic heterocycles. The first-order chi connectivity index (χ1) is 11.8. The number of aromatic nitrogens is 1. The minimum Gasteiger partial charge on any atom is -0.384 e. The van der Waals surface area contributed by atoms with Crippen LogP contribution in [-0.2, 0) is 11.3 Å². The molecule has 0 saturated carbocycles. The Kier molecular flexibility index (Phi) is 4.26. The van der Waals surface area contributed by atoms with Crippen LogP contribution in [0.4, 0.5) is 22.9 Å². The molecule has 5 heteroatoms. The second-order valence-corrected chi connectivity index (χ2v) is 6.61. The van der Waals surface area contributed by atoms with E-state index < -0.39 is 0 Å². The van der Waals surface area contributed by atoms with Crippen LogP contribution in [0.1, 0.15) is 18.4 Å². The van der Waals surface area contributed by atoms with Crippen LogP contribution in [0.3, 0.4) is 0 Å². The summed E-state index contributed by atoms with van der Waals surface area (Å²) in [5.74, 6) is 1.64. The molecule has 2 N–H and O–H groups in total. The largest absolute Gasteiger partial charge is 0.384 e. The molecule has 5 nitrogen and oxygen atoms in total. The fourth-order valence-electron chi connectivity index (χ4n) is 3.59. The van der Waals surface area contributed by atoms with Gasteiger partial charge in [-0.2, -0.15) is 0 Å². The standard InChI is InChI=1S/C19H24N4O/c1-24-13-14-6-9-23(10-7-14)16-4-5-17-18(11-16)21-12-15-3-2-8-20-19(15)22-17/h2-5,8,11,14,21H,6-7,9-10,12-13H2,1H3,(H,20,22). The number of nitrogens with one attached hydrogen (secondary N) is 2. The number of ether oxygens (including phenoxy) is 1. The van der Waals surface area contributed by atoms with Crippen LogP contribution in [0, 0.1) is 5.92 Å². The lowest BCUT2D eigenvalue weighted by Gasteiger charge is -2.33. The van der Waals surface area contributed by atoms with Crippen molar-refractivity contribution in [2.75, 3.05) is 42.3 Å². The molecule has 1 fully saturated rings. The zero-order chi connectivity index (χ0) is 16.4. The Hall–Kier alpha value is -2.27. The van der Waals surface area contributed by atoms with Crippen LogP contribution in [0.15, 0.2) is 36.5 Å². The highest BCUT2D eigenvalue weighted by atomic mass is 16.5. The van der Waals surface area contributed by atoms with Crippen LogP contribution in [0.25, 0.3) is 0 Å². The number of hydrogen-bond acceptors (Lipinski definition) is 5. The first kappa shape index (κ1) is 15.3. The van der Waals surface area contributed by atoms with E-state index in [0.717, 1.165) is 43.4 Å². The number of nitrogens with zero attached hydrogens (tertiary/aromatic N) is 2. The molecule has 1 aromatic heterocycles. The number of hydrogen-bond donors (Lipinski definition) is 2. The lowest BCUT2D eigenvalue weighted by atomic mass is 9.97. The Morgan fingerprint density at radius 1 is 1.21 bits per heavy atom. The van der Waals surface area contributed by atoms with Crippen LogP contribution in [-0.4, -0.2) is 31.8 Å². The van der Waals surface area contributed by atoms with Gasteiger partial charge in [0.25, 0.3) is 0 Å². The molecule has 0 bridgehead atoms. The van der Waals surface area contributed by atoms with Gasteiger partial charge in [-0.05, 0) is 43.0 Å². The molecule has 0 unspecified atom stereocenters. The molecule has 24 heavy (non-hydrogen) atoms. The van der Waals surface area contributed by atoms with Gasteiger partial charge in [0.2, 0.25) is 0 Å². The smallest absolute Gasteiger partial charge is 0.135 e. The second-order valence-electron chi connectivity index (χ2n) is 6.61. The summed E-state index contributed by atoms with van der Waals surface area (Å²) in [6.45, 7) is 3.88. The molecular weight excluding hydrogens is 300 g/mol. The maximum atomic E-state index is 5.30. The van der Waals surface area contributed by atoms with Crippen molar-refractivity contribution in [1.29, 1.82) is 0 Å². The third-order valence-electron chi connectivity index (χ3n) is 5.00. The van der Waals surface area contributed by atoms with Crippen LogP contribution >= 0.6 is 0 Å². The van der Waals surface area contributed by atoms with Crippen molar-refractivity contribution in [2.24, 2.45) is 5.92 Å². The molecule has 3 heterocycles. The highest BCUT2D eigenvalue weighted by Gasteiger charge is 2.20. The molecule has 0 aliphatic carbocycles. The Morgan fingerprint density at radius 2 is 2.08 bits per heavy atom. The number of fused-ring (bicyclic) bond motifs is 2. The van der Waals surface area contributed by atoms with Gasteiger partial charge in [-0.3, -0.25) is 0 Å². The number of anilines is 4. The van der Waals surface area contributed by atoms with E-state index >= 15 is 0 Å². The van der Waals surface area contributed by atoms with Gasteiger partial charge in [-0.25, -0.2) is 4.98 Å². The Balaban J connectivity index is 1.51. The summed E-state index contributed by atoms with van der Waals surface area (Å²) < 4.78 is 5.30. The molecule has 2 aromatic rings. The van der Waals surface area contributed by atoms with Gasteiger partial charge in [0.1, 0.15) is 5.82 Å². The molecule has 0 amide bonds. The molecule has 2 aliphatic rings.